The van der Waals surface area contributed by atoms with E-state index in [1.54, 1.807) is 35.2 Å². The molecule has 9 heteroatoms. The van der Waals surface area contributed by atoms with Crippen LogP contribution in [0.2, 0.25) is 0 Å². The summed E-state index contributed by atoms with van der Waals surface area (Å²) in [6, 6.07) is 7.24. The van der Waals surface area contributed by atoms with Crippen LogP contribution in [0, 0.1) is 6.92 Å². The van der Waals surface area contributed by atoms with Crippen LogP contribution in [0.4, 0.5) is 13.2 Å². The topological polar surface area (TPSA) is 51.2 Å². The number of carbonyl (C=O) groups excluding carboxylic acids is 1. The maximum atomic E-state index is 12.0. The lowest BCUT2D eigenvalue weighted by atomic mass is 10.1. The summed E-state index contributed by atoms with van der Waals surface area (Å²) in [6.07, 6.45) is -3.99. The van der Waals surface area contributed by atoms with E-state index in [2.05, 4.69) is 15.0 Å². The normalized spacial score (nSPS) is 11.5. The maximum absolute atomic E-state index is 12.0. The fourth-order valence-electron chi connectivity index (χ4n) is 1.96. The Morgan fingerprint density at radius 2 is 2.04 bits per heavy atom. The highest BCUT2D eigenvalue weighted by atomic mass is 32.2. The molecule has 0 bridgehead atoms. The van der Waals surface area contributed by atoms with Crippen molar-refractivity contribution in [1.29, 1.82) is 0 Å². The molecule has 1 N–H and O–H groups in total. The Bertz CT molecular complexity index is 703. The summed E-state index contributed by atoms with van der Waals surface area (Å²) in [6.45, 7) is 0.904. The minimum absolute atomic E-state index is 0.0494. The molecule has 1 amide bonds. The maximum Gasteiger partial charge on any atom is 0.411 e. The van der Waals surface area contributed by atoms with Gasteiger partial charge in [0.05, 0.1) is 0 Å². The van der Waals surface area contributed by atoms with E-state index in [0.717, 1.165) is 21.3 Å². The van der Waals surface area contributed by atoms with Crippen LogP contribution in [0.25, 0.3) is 0 Å². The van der Waals surface area contributed by atoms with E-state index in [-0.39, 0.29) is 19.1 Å². The van der Waals surface area contributed by atoms with Crippen LogP contribution in [0.5, 0.6) is 0 Å². The first-order valence-corrected chi connectivity index (χ1v) is 9.76. The van der Waals surface area contributed by atoms with Gasteiger partial charge in [0.2, 0.25) is 0 Å². The number of aromatic nitrogens is 1. The molecule has 0 aliphatic carbocycles. The minimum atomic E-state index is -4.32. The summed E-state index contributed by atoms with van der Waals surface area (Å²) < 4.78 is 41.2. The number of alkyl halides is 3. The highest BCUT2D eigenvalue weighted by molar-refractivity contribution is 8.00. The second-order valence-corrected chi connectivity index (χ2v) is 7.60. The fourth-order valence-corrected chi connectivity index (χ4v) is 3.77. The van der Waals surface area contributed by atoms with Crippen LogP contribution in [0.3, 0.4) is 0 Å². The van der Waals surface area contributed by atoms with E-state index in [4.69, 9.17) is 0 Å². The summed E-state index contributed by atoms with van der Waals surface area (Å²) in [5, 5.41) is 4.67. The van der Waals surface area contributed by atoms with Crippen molar-refractivity contribution in [1.82, 2.24) is 10.3 Å². The van der Waals surface area contributed by atoms with Gasteiger partial charge in [-0.3, -0.25) is 4.79 Å². The number of carbonyl (C=O) groups is 1. The van der Waals surface area contributed by atoms with Crippen molar-refractivity contribution in [3.05, 3.63) is 46.5 Å². The van der Waals surface area contributed by atoms with Gasteiger partial charge < -0.3 is 10.1 Å². The summed E-state index contributed by atoms with van der Waals surface area (Å²) in [5.74, 6) is 0.515. The van der Waals surface area contributed by atoms with E-state index >= 15 is 0 Å². The van der Waals surface area contributed by atoms with Crippen LogP contribution in [0.15, 0.2) is 34.0 Å². The molecule has 0 radical (unpaired) electrons. The molecule has 2 rings (SSSR count). The average molecular weight is 404 g/mol. The number of aryl methyl sites for hydroxylation is 1. The van der Waals surface area contributed by atoms with Crippen molar-refractivity contribution in [2.45, 2.75) is 29.6 Å². The molecule has 0 atom stereocenters. The largest absolute Gasteiger partial charge is 0.411 e. The van der Waals surface area contributed by atoms with E-state index in [9.17, 15) is 18.0 Å². The van der Waals surface area contributed by atoms with Crippen molar-refractivity contribution in [3.63, 3.8) is 0 Å². The zero-order valence-corrected chi connectivity index (χ0v) is 15.8. The van der Waals surface area contributed by atoms with Crippen LogP contribution in [-0.4, -0.2) is 36.8 Å². The number of nitrogens with one attached hydrogen (secondary N) is 1. The van der Waals surface area contributed by atoms with Gasteiger partial charge in [-0.2, -0.15) is 13.2 Å². The second-order valence-electron chi connectivity index (χ2n) is 5.52. The Kier molecular flexibility index (Phi) is 7.92. The zero-order valence-electron chi connectivity index (χ0n) is 14.1. The standard InChI is InChI=1S/C17H19F3N2O2S2/c1-12-9-25-16(22-12)26-10-13-3-5-14(6-4-13)15(23)21-7-2-8-24-11-17(18,19)20/h3-6,9H,2,7-8,10-11H2,1H3,(H,21,23). The Labute approximate surface area is 158 Å². The quantitative estimate of drug-likeness (QED) is 0.496. The van der Waals surface area contributed by atoms with Gasteiger partial charge >= 0.3 is 6.18 Å². The molecular formula is C17H19F3N2O2S2. The smallest absolute Gasteiger partial charge is 0.372 e. The number of hydrogen-bond acceptors (Lipinski definition) is 5. The Balaban J connectivity index is 1.67. The van der Waals surface area contributed by atoms with Gasteiger partial charge in [-0.15, -0.1) is 11.3 Å². The van der Waals surface area contributed by atoms with Crippen LogP contribution < -0.4 is 5.32 Å². The number of amides is 1. The van der Waals surface area contributed by atoms with Gasteiger partial charge in [0.15, 0.2) is 0 Å². The summed E-state index contributed by atoms with van der Waals surface area (Å²) >= 11 is 3.25. The molecule has 2 aromatic rings. The molecule has 0 saturated carbocycles. The van der Waals surface area contributed by atoms with Gasteiger partial charge in [-0.05, 0) is 31.0 Å². The van der Waals surface area contributed by atoms with E-state index in [0.29, 0.717) is 12.0 Å². The zero-order chi connectivity index (χ0) is 19.0. The number of ether oxygens (including phenoxy) is 1. The van der Waals surface area contributed by atoms with Crippen molar-refractivity contribution in [2.75, 3.05) is 19.8 Å². The van der Waals surface area contributed by atoms with Gasteiger partial charge in [0, 0.05) is 35.5 Å². The first-order valence-electron chi connectivity index (χ1n) is 7.90. The van der Waals surface area contributed by atoms with Crippen LogP contribution >= 0.6 is 23.1 Å². The number of hydrogen-bond donors (Lipinski definition) is 1. The summed E-state index contributed by atoms with van der Waals surface area (Å²) in [4.78, 5) is 16.4. The monoisotopic (exact) mass is 404 g/mol. The van der Waals surface area contributed by atoms with Gasteiger partial charge in [0.25, 0.3) is 5.91 Å². The van der Waals surface area contributed by atoms with Gasteiger partial charge in [-0.1, -0.05) is 23.9 Å². The fraction of sp³-hybridized carbons (Fsp3) is 0.412. The SMILES string of the molecule is Cc1csc(SCc2ccc(C(=O)NCCCOCC(F)(F)F)cc2)n1. The Morgan fingerprint density at radius 3 is 2.65 bits per heavy atom. The van der Waals surface area contributed by atoms with Crippen molar-refractivity contribution >= 4 is 29.0 Å². The highest BCUT2D eigenvalue weighted by Crippen LogP contribution is 2.26. The van der Waals surface area contributed by atoms with Gasteiger partial charge in [-0.25, -0.2) is 4.98 Å². The molecule has 0 aliphatic rings. The summed E-state index contributed by atoms with van der Waals surface area (Å²) in [5.41, 5.74) is 2.60. The third-order valence-electron chi connectivity index (χ3n) is 3.19. The number of thioether (sulfide) groups is 1. The molecule has 1 heterocycles. The van der Waals surface area contributed by atoms with Crippen molar-refractivity contribution in [2.24, 2.45) is 0 Å². The second kappa shape index (κ2) is 9.94. The number of thiazole rings is 1. The molecule has 0 spiro atoms. The Hall–Kier alpha value is -1.58. The molecule has 26 heavy (non-hydrogen) atoms. The number of benzene rings is 1. The minimum Gasteiger partial charge on any atom is -0.372 e. The molecule has 0 fully saturated rings. The highest BCUT2D eigenvalue weighted by Gasteiger charge is 2.27. The van der Waals surface area contributed by atoms with Crippen LogP contribution in [0.1, 0.15) is 28.0 Å². The van der Waals surface area contributed by atoms with Crippen LogP contribution in [-0.2, 0) is 10.5 Å². The third-order valence-corrected chi connectivity index (χ3v) is 5.40. The average Bonchev–Trinajstić information content (AvgIpc) is 3.01. The van der Waals surface area contributed by atoms with E-state index < -0.39 is 12.8 Å². The Morgan fingerprint density at radius 1 is 1.31 bits per heavy atom. The lowest BCUT2D eigenvalue weighted by molar-refractivity contribution is -0.173. The molecule has 0 aliphatic heterocycles. The molecule has 4 nitrogen and oxygen atoms in total. The molecule has 1 aromatic carbocycles. The summed E-state index contributed by atoms with van der Waals surface area (Å²) in [7, 11) is 0. The molecule has 0 saturated heterocycles. The molecule has 1 aromatic heterocycles. The molecule has 0 unspecified atom stereocenters. The third kappa shape index (κ3) is 7.76. The lowest BCUT2D eigenvalue weighted by Crippen LogP contribution is -2.26. The molecule has 142 valence electrons. The lowest BCUT2D eigenvalue weighted by Gasteiger charge is -2.08. The first kappa shape index (κ1) is 20.7. The van der Waals surface area contributed by atoms with E-state index in [1.165, 1.54) is 0 Å². The van der Waals surface area contributed by atoms with Crippen molar-refractivity contribution < 1.29 is 22.7 Å². The number of halogens is 3. The van der Waals surface area contributed by atoms with Crippen molar-refractivity contribution in [3.8, 4) is 0 Å². The first-order chi connectivity index (χ1) is 12.3. The number of rotatable bonds is 9. The predicted octanol–water partition coefficient (Wildman–Crippen LogP) is 4.44. The molecular weight excluding hydrogens is 385 g/mol. The predicted molar refractivity (Wildman–Crippen MR) is 96.7 cm³/mol. The van der Waals surface area contributed by atoms with Gasteiger partial charge in [0.1, 0.15) is 10.9 Å². The number of nitrogens with zero attached hydrogens (tertiary/aromatic N) is 1. The van der Waals surface area contributed by atoms with E-state index in [1.807, 2.05) is 24.4 Å².